The molecule has 0 aromatic heterocycles. The van der Waals surface area contributed by atoms with Gasteiger partial charge in [0.1, 0.15) is 0 Å². The predicted molar refractivity (Wildman–Crippen MR) is 37.4 cm³/mol. The van der Waals surface area contributed by atoms with Crippen molar-refractivity contribution in [1.82, 2.24) is 4.90 Å². The van der Waals surface area contributed by atoms with E-state index in [-0.39, 0.29) is 12.6 Å². The van der Waals surface area contributed by atoms with Gasteiger partial charge < -0.3 is 5.11 Å². The Kier molecular flexibility index (Phi) is 2.83. The summed E-state index contributed by atoms with van der Waals surface area (Å²) in [7, 11) is 0. The Balaban J connectivity index is 2.34. The summed E-state index contributed by atoms with van der Waals surface area (Å²) in [6.07, 6.45) is 3.94. The average molecular weight is 142 g/mol. The predicted octanol–water partition coefficient (Wildman–Crippen LogP) is -0.447. The topological polar surface area (TPSA) is 40.5 Å². The molecule has 0 saturated carbocycles. The summed E-state index contributed by atoms with van der Waals surface area (Å²) in [6, 6.07) is 0.210. The fourth-order valence-electron chi connectivity index (χ4n) is 1.39. The van der Waals surface area contributed by atoms with E-state index in [0.717, 1.165) is 19.4 Å². The van der Waals surface area contributed by atoms with E-state index in [1.165, 1.54) is 0 Å². The zero-order chi connectivity index (χ0) is 7.40. The summed E-state index contributed by atoms with van der Waals surface area (Å²) in [6.45, 7) is 1.45. The molecule has 0 amide bonds. The Morgan fingerprint density at radius 3 is 3.10 bits per heavy atom. The number of aliphatic hydroxyl groups excluding tert-OH is 1. The van der Waals surface area contributed by atoms with Gasteiger partial charge in [-0.25, -0.2) is 0 Å². The van der Waals surface area contributed by atoms with Crippen molar-refractivity contribution in [2.75, 3.05) is 19.7 Å². The number of rotatable bonds is 3. The van der Waals surface area contributed by atoms with Crippen LogP contribution < -0.4 is 0 Å². The molecule has 1 atom stereocenters. The van der Waals surface area contributed by atoms with Gasteiger partial charge in [0, 0.05) is 6.04 Å². The van der Waals surface area contributed by atoms with Crippen molar-refractivity contribution in [3.05, 3.63) is 0 Å². The molecule has 0 aromatic rings. The normalized spacial score (nSPS) is 27.1. The Morgan fingerprint density at radius 1 is 1.70 bits per heavy atom. The van der Waals surface area contributed by atoms with Crippen LogP contribution in [0.4, 0.5) is 0 Å². The van der Waals surface area contributed by atoms with Crippen LogP contribution in [0.15, 0.2) is 0 Å². The first-order valence-electron chi connectivity index (χ1n) is 3.58. The fourth-order valence-corrected chi connectivity index (χ4v) is 1.39. The van der Waals surface area contributed by atoms with Crippen LogP contribution in [0, 0.1) is 0 Å². The average Bonchev–Trinajstić information content (AvgIpc) is 2.36. The molecule has 1 fully saturated rings. The zero-order valence-electron chi connectivity index (χ0n) is 5.92. The number of nitrogens with zero attached hydrogens (tertiary/aromatic N) is 1. The van der Waals surface area contributed by atoms with Gasteiger partial charge in [-0.1, -0.05) is 0 Å². The number of hydrogen-bond acceptors (Lipinski definition) is 3. The van der Waals surface area contributed by atoms with Crippen LogP contribution in [-0.4, -0.2) is 42.0 Å². The van der Waals surface area contributed by atoms with Gasteiger partial charge in [-0.05, 0) is 19.4 Å². The number of carbonyl (C=O) groups excluding carboxylic acids is 1. The van der Waals surface area contributed by atoms with Gasteiger partial charge in [0.15, 0.2) is 0 Å². The van der Waals surface area contributed by atoms with E-state index in [0.29, 0.717) is 6.54 Å². The van der Waals surface area contributed by atoms with Crippen molar-refractivity contribution in [1.29, 1.82) is 0 Å². The maximum absolute atomic E-state index is 9.97. The largest absolute Gasteiger partial charge is 0.395 e. The Bertz CT molecular complexity index is 116. The Hall–Kier alpha value is -0.410. The molecule has 57 valence electrons. The van der Waals surface area contributed by atoms with E-state index in [1.807, 2.05) is 11.2 Å². The SMILES string of the molecule is O=[C]CN1CCCC1CO. The van der Waals surface area contributed by atoms with E-state index in [9.17, 15) is 4.79 Å². The third-order valence-corrected chi connectivity index (χ3v) is 1.98. The van der Waals surface area contributed by atoms with Gasteiger partial charge in [-0.2, -0.15) is 0 Å². The van der Waals surface area contributed by atoms with Gasteiger partial charge in [-0.15, -0.1) is 0 Å². The third kappa shape index (κ3) is 1.55. The van der Waals surface area contributed by atoms with Crippen LogP contribution >= 0.6 is 0 Å². The van der Waals surface area contributed by atoms with Crippen molar-refractivity contribution < 1.29 is 9.90 Å². The summed E-state index contributed by atoms with van der Waals surface area (Å²) in [4.78, 5) is 11.9. The molecular weight excluding hydrogens is 130 g/mol. The molecule has 0 aliphatic carbocycles. The van der Waals surface area contributed by atoms with E-state index in [4.69, 9.17) is 5.11 Å². The Labute approximate surface area is 60.6 Å². The summed E-state index contributed by atoms with van der Waals surface area (Å²) in [5.41, 5.74) is 0. The summed E-state index contributed by atoms with van der Waals surface area (Å²) in [5, 5.41) is 8.79. The molecule has 1 N–H and O–H groups in total. The molecule has 0 aromatic carbocycles. The quantitative estimate of drug-likeness (QED) is 0.580. The lowest BCUT2D eigenvalue weighted by atomic mass is 10.2. The molecule has 1 aliphatic heterocycles. The maximum Gasteiger partial charge on any atom is 0.213 e. The first kappa shape index (κ1) is 7.69. The monoisotopic (exact) mass is 142 g/mol. The van der Waals surface area contributed by atoms with Crippen LogP contribution in [0.1, 0.15) is 12.8 Å². The first-order chi connectivity index (χ1) is 4.88. The van der Waals surface area contributed by atoms with Crippen LogP contribution in [0.2, 0.25) is 0 Å². The highest BCUT2D eigenvalue weighted by Crippen LogP contribution is 2.14. The summed E-state index contributed by atoms with van der Waals surface area (Å²) >= 11 is 0. The van der Waals surface area contributed by atoms with E-state index in [2.05, 4.69) is 0 Å². The lowest BCUT2D eigenvalue weighted by Crippen LogP contribution is -2.33. The summed E-state index contributed by atoms with van der Waals surface area (Å²) < 4.78 is 0. The van der Waals surface area contributed by atoms with E-state index in [1.54, 1.807) is 0 Å². The molecule has 1 rings (SSSR count). The molecule has 0 spiro atoms. The molecule has 1 saturated heterocycles. The lowest BCUT2D eigenvalue weighted by molar-refractivity contribution is 0.172. The minimum Gasteiger partial charge on any atom is -0.395 e. The van der Waals surface area contributed by atoms with Crippen LogP contribution in [0.5, 0.6) is 0 Å². The third-order valence-electron chi connectivity index (χ3n) is 1.98. The molecule has 1 unspecified atom stereocenters. The lowest BCUT2D eigenvalue weighted by Gasteiger charge is -2.18. The van der Waals surface area contributed by atoms with E-state index >= 15 is 0 Å². The van der Waals surface area contributed by atoms with Crippen molar-refractivity contribution in [3.63, 3.8) is 0 Å². The van der Waals surface area contributed by atoms with Crippen LogP contribution in [-0.2, 0) is 4.79 Å². The molecule has 1 heterocycles. The van der Waals surface area contributed by atoms with Crippen molar-refractivity contribution in [2.24, 2.45) is 0 Å². The highest BCUT2D eigenvalue weighted by atomic mass is 16.3. The molecular formula is C7H12NO2. The van der Waals surface area contributed by atoms with Gasteiger partial charge in [0.05, 0.1) is 13.2 Å². The fraction of sp³-hybridized carbons (Fsp3) is 0.857. The second-order valence-corrected chi connectivity index (χ2v) is 2.59. The number of likely N-dealkylation sites (tertiary alicyclic amines) is 1. The molecule has 3 heteroatoms. The highest BCUT2D eigenvalue weighted by molar-refractivity contribution is 5.53. The van der Waals surface area contributed by atoms with Crippen molar-refractivity contribution >= 4 is 6.29 Å². The second-order valence-electron chi connectivity index (χ2n) is 2.59. The van der Waals surface area contributed by atoms with Crippen LogP contribution in [0.25, 0.3) is 0 Å². The minimum absolute atomic E-state index is 0.168. The number of aliphatic hydroxyl groups is 1. The van der Waals surface area contributed by atoms with Gasteiger partial charge in [-0.3, -0.25) is 9.69 Å². The highest BCUT2D eigenvalue weighted by Gasteiger charge is 2.22. The van der Waals surface area contributed by atoms with Gasteiger partial charge >= 0.3 is 0 Å². The molecule has 1 radical (unpaired) electrons. The van der Waals surface area contributed by atoms with Gasteiger partial charge in [0.25, 0.3) is 0 Å². The standard InChI is InChI=1S/C7H12NO2/c9-5-4-8-3-1-2-7(8)6-10/h7,10H,1-4,6H2. The van der Waals surface area contributed by atoms with Crippen LogP contribution in [0.3, 0.4) is 0 Å². The van der Waals surface area contributed by atoms with Crippen molar-refractivity contribution in [2.45, 2.75) is 18.9 Å². The minimum atomic E-state index is 0.168. The molecule has 10 heavy (non-hydrogen) atoms. The smallest absolute Gasteiger partial charge is 0.213 e. The van der Waals surface area contributed by atoms with Gasteiger partial charge in [0.2, 0.25) is 6.29 Å². The summed E-state index contributed by atoms with van der Waals surface area (Å²) in [5.74, 6) is 0. The Morgan fingerprint density at radius 2 is 2.50 bits per heavy atom. The van der Waals surface area contributed by atoms with Crippen molar-refractivity contribution in [3.8, 4) is 0 Å². The second kappa shape index (κ2) is 3.68. The molecule has 1 aliphatic rings. The molecule has 0 bridgehead atoms. The zero-order valence-corrected chi connectivity index (χ0v) is 5.92. The number of hydrogen-bond donors (Lipinski definition) is 1. The molecule has 3 nitrogen and oxygen atoms in total. The van der Waals surface area contributed by atoms with E-state index < -0.39 is 0 Å². The first-order valence-corrected chi connectivity index (χ1v) is 3.58. The maximum atomic E-state index is 9.97.